The lowest BCUT2D eigenvalue weighted by atomic mass is 9.55. The van der Waals surface area contributed by atoms with Gasteiger partial charge in [-0.3, -0.25) is 0 Å². The summed E-state index contributed by atoms with van der Waals surface area (Å²) in [5, 5.41) is 0. The molecule has 0 heteroatoms. The van der Waals surface area contributed by atoms with Crippen LogP contribution in [0.4, 0.5) is 0 Å². The maximum absolute atomic E-state index is 2.54. The molecule has 0 aromatic rings. The van der Waals surface area contributed by atoms with Crippen molar-refractivity contribution in [2.75, 3.05) is 0 Å². The largest absolute Gasteiger partial charge is 0.0673 e. The molecule has 2 atom stereocenters. The van der Waals surface area contributed by atoms with E-state index < -0.39 is 0 Å². The summed E-state index contributed by atoms with van der Waals surface area (Å²) in [7, 11) is 0. The Balaban J connectivity index is 1.84. The minimum absolute atomic E-state index is 0.552. The molecule has 0 saturated heterocycles. The molecule has 15 heavy (non-hydrogen) atoms. The Hall–Kier alpha value is -0.260. The van der Waals surface area contributed by atoms with Gasteiger partial charge in [-0.05, 0) is 61.7 Å². The number of hydrogen-bond donors (Lipinski definition) is 0. The van der Waals surface area contributed by atoms with Crippen molar-refractivity contribution in [3.63, 3.8) is 0 Å². The predicted molar refractivity (Wildman–Crippen MR) is 64.7 cm³/mol. The van der Waals surface area contributed by atoms with Crippen LogP contribution in [-0.4, -0.2) is 0 Å². The van der Waals surface area contributed by atoms with Gasteiger partial charge in [0.2, 0.25) is 0 Å². The summed E-state index contributed by atoms with van der Waals surface area (Å²) in [6.45, 7) is 9.77. The molecule has 3 aliphatic carbocycles. The van der Waals surface area contributed by atoms with Gasteiger partial charge in [0.25, 0.3) is 0 Å². The molecule has 0 aromatic heterocycles. The van der Waals surface area contributed by atoms with Crippen molar-refractivity contribution in [3.8, 4) is 0 Å². The minimum Gasteiger partial charge on any atom is -0.0673 e. The maximum atomic E-state index is 2.54. The third-order valence-corrected chi connectivity index (χ3v) is 5.60. The lowest BCUT2D eigenvalue weighted by molar-refractivity contribution is 0.0710. The van der Waals surface area contributed by atoms with Gasteiger partial charge in [-0.25, -0.2) is 0 Å². The molecule has 0 bridgehead atoms. The van der Waals surface area contributed by atoms with Crippen LogP contribution in [0.25, 0.3) is 0 Å². The third kappa shape index (κ3) is 1.33. The zero-order valence-corrected chi connectivity index (χ0v) is 10.7. The summed E-state index contributed by atoms with van der Waals surface area (Å²) < 4.78 is 0. The molecule has 3 saturated carbocycles. The molecular weight excluding hydrogens is 180 g/mol. The summed E-state index contributed by atoms with van der Waals surface area (Å²) in [4.78, 5) is 0. The van der Waals surface area contributed by atoms with Gasteiger partial charge in [0.05, 0.1) is 0 Å². The van der Waals surface area contributed by atoms with Crippen LogP contribution in [0.15, 0.2) is 11.1 Å². The van der Waals surface area contributed by atoms with E-state index in [1.165, 1.54) is 32.1 Å². The topological polar surface area (TPSA) is 0 Å². The molecule has 3 aliphatic rings. The van der Waals surface area contributed by atoms with Gasteiger partial charge in [-0.1, -0.05) is 31.9 Å². The smallest absolute Gasteiger partial charge is 0.00853 e. The highest BCUT2D eigenvalue weighted by atomic mass is 14.6. The Bertz CT molecular complexity index is 330. The van der Waals surface area contributed by atoms with Gasteiger partial charge >= 0.3 is 0 Å². The molecule has 3 fully saturated rings. The van der Waals surface area contributed by atoms with Gasteiger partial charge in [0.15, 0.2) is 0 Å². The maximum Gasteiger partial charge on any atom is -0.00853 e. The lowest BCUT2D eigenvalue weighted by Crippen LogP contribution is -2.40. The second-order valence-electron chi connectivity index (χ2n) is 7.06. The van der Waals surface area contributed by atoms with Gasteiger partial charge in [-0.15, -0.1) is 0 Å². The van der Waals surface area contributed by atoms with E-state index in [0.29, 0.717) is 10.8 Å². The van der Waals surface area contributed by atoms with E-state index in [4.69, 9.17) is 0 Å². The van der Waals surface area contributed by atoms with Crippen molar-refractivity contribution >= 4 is 0 Å². The molecule has 84 valence electrons. The van der Waals surface area contributed by atoms with Crippen molar-refractivity contribution in [2.24, 2.45) is 22.7 Å². The van der Waals surface area contributed by atoms with Gasteiger partial charge < -0.3 is 0 Å². The average Bonchev–Trinajstić information content (AvgIpc) is 3.01. The van der Waals surface area contributed by atoms with Gasteiger partial charge in [0, 0.05) is 0 Å². The molecule has 0 amide bonds. The SMILES string of the molecule is CC(=C1CC1(C)C)C1(C)CCC1C1CC1. The summed E-state index contributed by atoms with van der Waals surface area (Å²) in [5.41, 5.74) is 4.71. The monoisotopic (exact) mass is 204 g/mol. The lowest BCUT2D eigenvalue weighted by Gasteiger charge is -2.49. The first-order valence-corrected chi connectivity index (χ1v) is 6.66. The van der Waals surface area contributed by atoms with E-state index in [9.17, 15) is 0 Å². The minimum atomic E-state index is 0.552. The van der Waals surface area contributed by atoms with Crippen LogP contribution in [0, 0.1) is 22.7 Å². The number of hydrogen-bond acceptors (Lipinski definition) is 0. The molecule has 0 nitrogen and oxygen atoms in total. The van der Waals surface area contributed by atoms with Crippen LogP contribution in [-0.2, 0) is 0 Å². The van der Waals surface area contributed by atoms with Crippen LogP contribution in [0.5, 0.6) is 0 Å². The Morgan fingerprint density at radius 2 is 1.73 bits per heavy atom. The summed E-state index contributed by atoms with van der Waals surface area (Å²) in [5.74, 6) is 2.14. The Kier molecular flexibility index (Phi) is 1.79. The van der Waals surface area contributed by atoms with Crippen molar-refractivity contribution in [1.29, 1.82) is 0 Å². The summed E-state index contributed by atoms with van der Waals surface area (Å²) in [6.07, 6.45) is 7.37. The predicted octanol–water partition coefficient (Wildman–Crippen LogP) is 4.56. The Morgan fingerprint density at radius 3 is 2.07 bits per heavy atom. The second kappa shape index (κ2) is 2.70. The second-order valence-corrected chi connectivity index (χ2v) is 7.06. The van der Waals surface area contributed by atoms with Crippen LogP contribution < -0.4 is 0 Å². The van der Waals surface area contributed by atoms with Crippen molar-refractivity contribution in [2.45, 2.75) is 59.8 Å². The normalized spacial score (nSPS) is 46.0. The fourth-order valence-electron chi connectivity index (χ4n) is 3.85. The fraction of sp³-hybridized carbons (Fsp3) is 0.867. The van der Waals surface area contributed by atoms with Crippen LogP contribution in [0.1, 0.15) is 59.8 Å². The summed E-state index contributed by atoms with van der Waals surface area (Å²) >= 11 is 0. The van der Waals surface area contributed by atoms with E-state index in [1.807, 2.05) is 0 Å². The number of allylic oxidation sites excluding steroid dienone is 2. The highest BCUT2D eigenvalue weighted by Crippen LogP contribution is 2.65. The first kappa shape index (κ1) is 9.93. The number of rotatable bonds is 2. The van der Waals surface area contributed by atoms with Crippen LogP contribution in [0.3, 0.4) is 0 Å². The zero-order valence-electron chi connectivity index (χ0n) is 10.7. The molecule has 3 rings (SSSR count). The zero-order chi connectivity index (χ0) is 10.8. The van der Waals surface area contributed by atoms with E-state index in [-0.39, 0.29) is 0 Å². The molecule has 0 radical (unpaired) electrons. The fourth-order valence-corrected chi connectivity index (χ4v) is 3.85. The molecule has 0 aliphatic heterocycles. The van der Waals surface area contributed by atoms with Crippen molar-refractivity contribution in [3.05, 3.63) is 11.1 Å². The van der Waals surface area contributed by atoms with Crippen molar-refractivity contribution < 1.29 is 0 Å². The molecule has 2 unspecified atom stereocenters. The van der Waals surface area contributed by atoms with Crippen LogP contribution in [0.2, 0.25) is 0 Å². The Labute approximate surface area is 94.1 Å². The standard InChI is InChI=1S/C15H24/c1-10(13-9-14(13,2)3)15(4)8-7-12(15)11-5-6-11/h11-12H,5-9H2,1-4H3. The summed E-state index contributed by atoms with van der Waals surface area (Å²) in [6, 6.07) is 0. The molecule has 0 spiro atoms. The van der Waals surface area contributed by atoms with Crippen molar-refractivity contribution in [1.82, 2.24) is 0 Å². The molecular formula is C15H24. The average molecular weight is 204 g/mol. The highest BCUT2D eigenvalue weighted by Gasteiger charge is 2.53. The quantitative estimate of drug-likeness (QED) is 0.578. The first-order chi connectivity index (χ1) is 6.95. The third-order valence-electron chi connectivity index (χ3n) is 5.60. The Morgan fingerprint density at radius 1 is 1.13 bits per heavy atom. The van der Waals surface area contributed by atoms with E-state index >= 15 is 0 Å². The molecule has 0 heterocycles. The molecule has 0 N–H and O–H groups in total. The molecule has 0 aromatic carbocycles. The van der Waals surface area contributed by atoms with E-state index in [2.05, 4.69) is 27.7 Å². The van der Waals surface area contributed by atoms with Gasteiger partial charge in [0.1, 0.15) is 0 Å². The van der Waals surface area contributed by atoms with E-state index in [1.54, 1.807) is 11.1 Å². The van der Waals surface area contributed by atoms with E-state index in [0.717, 1.165) is 11.8 Å². The van der Waals surface area contributed by atoms with Crippen LogP contribution >= 0.6 is 0 Å². The highest BCUT2D eigenvalue weighted by molar-refractivity contribution is 5.39. The van der Waals surface area contributed by atoms with Gasteiger partial charge in [-0.2, -0.15) is 0 Å². The first-order valence-electron chi connectivity index (χ1n) is 6.66.